The summed E-state index contributed by atoms with van der Waals surface area (Å²) in [5, 5.41) is 0. The monoisotopic (exact) mass is 312 g/mol. The van der Waals surface area contributed by atoms with Gasteiger partial charge < -0.3 is 4.74 Å². The minimum Gasteiger partial charge on any atom is -0.437 e. The van der Waals surface area contributed by atoms with Gasteiger partial charge in [0, 0.05) is 11.8 Å². The maximum Gasteiger partial charge on any atom is 0.240 e. The van der Waals surface area contributed by atoms with E-state index in [1.807, 2.05) is 0 Å². The van der Waals surface area contributed by atoms with Crippen molar-refractivity contribution in [2.75, 3.05) is 5.43 Å². The third kappa shape index (κ3) is 2.74. The number of nitrogens with two attached hydrogens (primary N) is 1. The molecule has 0 aliphatic heterocycles. The summed E-state index contributed by atoms with van der Waals surface area (Å²) >= 11 is 3.22. The van der Waals surface area contributed by atoms with Gasteiger partial charge in [0.05, 0.1) is 4.47 Å². The molecule has 1 aromatic carbocycles. The maximum atomic E-state index is 12.9. The summed E-state index contributed by atoms with van der Waals surface area (Å²) in [5.41, 5.74) is 3.07. The van der Waals surface area contributed by atoms with Gasteiger partial charge in [0.25, 0.3) is 0 Å². The zero-order valence-corrected chi connectivity index (χ0v) is 11.0. The summed E-state index contributed by atoms with van der Waals surface area (Å²) < 4.78 is 19.0. The molecular weight excluding hydrogens is 303 g/mol. The van der Waals surface area contributed by atoms with Crippen LogP contribution in [0.4, 0.5) is 10.3 Å². The Morgan fingerprint density at radius 3 is 2.89 bits per heavy atom. The lowest BCUT2D eigenvalue weighted by Crippen LogP contribution is -2.11. The molecule has 94 valence electrons. The largest absolute Gasteiger partial charge is 0.437 e. The average Bonchev–Trinajstić information content (AvgIpc) is 2.35. The summed E-state index contributed by atoms with van der Waals surface area (Å²) in [7, 11) is 0. The number of hydrogen-bond donors (Lipinski definition) is 2. The van der Waals surface area contributed by atoms with Crippen molar-refractivity contribution in [2.45, 2.75) is 6.92 Å². The molecule has 1 heterocycles. The number of nitrogens with zero attached hydrogens (tertiary/aromatic N) is 2. The van der Waals surface area contributed by atoms with Gasteiger partial charge in [-0.3, -0.25) is 5.43 Å². The van der Waals surface area contributed by atoms with Gasteiger partial charge in [0.2, 0.25) is 11.8 Å². The van der Waals surface area contributed by atoms with Crippen LogP contribution in [0.1, 0.15) is 5.56 Å². The SMILES string of the molecule is Cc1cnc(NN)nc1Oc1ccc(F)cc1Br. The second kappa shape index (κ2) is 5.28. The number of halogens is 2. The number of aromatic nitrogens is 2. The molecule has 0 bridgehead atoms. The van der Waals surface area contributed by atoms with Gasteiger partial charge in [-0.05, 0) is 41.1 Å². The van der Waals surface area contributed by atoms with E-state index in [4.69, 9.17) is 10.6 Å². The Balaban J connectivity index is 2.33. The van der Waals surface area contributed by atoms with Crippen molar-refractivity contribution in [2.24, 2.45) is 5.84 Å². The van der Waals surface area contributed by atoms with Gasteiger partial charge >= 0.3 is 0 Å². The van der Waals surface area contributed by atoms with Crippen molar-refractivity contribution in [1.29, 1.82) is 0 Å². The number of benzene rings is 1. The first-order valence-electron chi connectivity index (χ1n) is 5.03. The van der Waals surface area contributed by atoms with Crippen molar-refractivity contribution in [3.05, 3.63) is 40.2 Å². The van der Waals surface area contributed by atoms with Crippen molar-refractivity contribution in [3.63, 3.8) is 0 Å². The zero-order valence-electron chi connectivity index (χ0n) is 9.45. The molecule has 0 aliphatic rings. The molecule has 0 amide bonds. The Labute approximate surface area is 111 Å². The topological polar surface area (TPSA) is 73.1 Å². The van der Waals surface area contributed by atoms with Crippen LogP contribution >= 0.6 is 15.9 Å². The molecule has 5 nitrogen and oxygen atoms in total. The van der Waals surface area contributed by atoms with E-state index in [1.165, 1.54) is 18.2 Å². The van der Waals surface area contributed by atoms with E-state index in [1.54, 1.807) is 13.1 Å². The Bertz CT molecular complexity index is 579. The molecule has 2 rings (SSSR count). The maximum absolute atomic E-state index is 12.9. The summed E-state index contributed by atoms with van der Waals surface area (Å²) in [6, 6.07) is 4.13. The molecule has 0 saturated carbocycles. The molecule has 0 saturated heterocycles. The average molecular weight is 313 g/mol. The molecule has 1 aromatic heterocycles. The summed E-state index contributed by atoms with van der Waals surface area (Å²) in [6.07, 6.45) is 1.58. The number of ether oxygens (including phenoxy) is 1. The lowest BCUT2D eigenvalue weighted by molar-refractivity contribution is 0.453. The molecule has 0 fully saturated rings. The molecule has 7 heteroatoms. The molecule has 0 spiro atoms. The highest BCUT2D eigenvalue weighted by Gasteiger charge is 2.09. The number of aryl methyl sites for hydroxylation is 1. The van der Waals surface area contributed by atoms with Gasteiger partial charge in [-0.2, -0.15) is 4.98 Å². The van der Waals surface area contributed by atoms with E-state index >= 15 is 0 Å². The van der Waals surface area contributed by atoms with Crippen LogP contribution in [0.2, 0.25) is 0 Å². The molecule has 0 aliphatic carbocycles. The molecule has 0 atom stereocenters. The fraction of sp³-hybridized carbons (Fsp3) is 0.0909. The smallest absolute Gasteiger partial charge is 0.240 e. The first-order valence-corrected chi connectivity index (χ1v) is 5.82. The van der Waals surface area contributed by atoms with Crippen LogP contribution < -0.4 is 16.0 Å². The Hall–Kier alpha value is -1.73. The molecule has 0 unspecified atom stereocenters. The predicted octanol–water partition coefficient (Wildman–Crippen LogP) is 2.76. The molecule has 2 aromatic rings. The Morgan fingerprint density at radius 2 is 2.22 bits per heavy atom. The molecule has 18 heavy (non-hydrogen) atoms. The third-order valence-electron chi connectivity index (χ3n) is 2.15. The lowest BCUT2D eigenvalue weighted by atomic mass is 10.3. The number of hydrazine groups is 1. The Morgan fingerprint density at radius 1 is 1.44 bits per heavy atom. The summed E-state index contributed by atoms with van der Waals surface area (Å²) in [4.78, 5) is 8.00. The van der Waals surface area contributed by atoms with Crippen LogP contribution in [-0.2, 0) is 0 Å². The zero-order chi connectivity index (χ0) is 13.1. The lowest BCUT2D eigenvalue weighted by Gasteiger charge is -2.09. The van der Waals surface area contributed by atoms with Crippen molar-refractivity contribution >= 4 is 21.9 Å². The van der Waals surface area contributed by atoms with Crippen LogP contribution in [0.25, 0.3) is 0 Å². The normalized spacial score (nSPS) is 10.2. The first-order chi connectivity index (χ1) is 8.60. The van der Waals surface area contributed by atoms with E-state index in [9.17, 15) is 4.39 Å². The second-order valence-electron chi connectivity index (χ2n) is 3.50. The van der Waals surface area contributed by atoms with Gasteiger partial charge in [-0.1, -0.05) is 0 Å². The Kier molecular flexibility index (Phi) is 3.73. The highest BCUT2D eigenvalue weighted by molar-refractivity contribution is 9.10. The van der Waals surface area contributed by atoms with Gasteiger partial charge in [-0.15, -0.1) is 0 Å². The number of anilines is 1. The number of hydrogen-bond acceptors (Lipinski definition) is 5. The van der Waals surface area contributed by atoms with Crippen LogP contribution in [0, 0.1) is 12.7 Å². The van der Waals surface area contributed by atoms with Crippen LogP contribution in [-0.4, -0.2) is 9.97 Å². The van der Waals surface area contributed by atoms with E-state index in [0.29, 0.717) is 16.1 Å². The third-order valence-corrected chi connectivity index (χ3v) is 2.77. The van der Waals surface area contributed by atoms with Gasteiger partial charge in [0.15, 0.2) is 0 Å². The predicted molar refractivity (Wildman–Crippen MR) is 68.8 cm³/mol. The van der Waals surface area contributed by atoms with E-state index in [0.717, 1.165) is 5.56 Å². The minimum absolute atomic E-state index is 0.244. The van der Waals surface area contributed by atoms with Crippen LogP contribution in [0.15, 0.2) is 28.9 Å². The van der Waals surface area contributed by atoms with Gasteiger partial charge in [-0.25, -0.2) is 15.2 Å². The minimum atomic E-state index is -0.349. The van der Waals surface area contributed by atoms with Crippen molar-refractivity contribution < 1.29 is 9.13 Å². The second-order valence-corrected chi connectivity index (χ2v) is 4.36. The standard InChI is InChI=1S/C11H10BrFN4O/c1-6-5-15-11(17-14)16-10(6)18-9-3-2-7(13)4-8(9)12/h2-5H,14H2,1H3,(H,15,16,17). The number of nitrogens with one attached hydrogen (secondary N) is 1. The molecule has 0 radical (unpaired) electrons. The summed E-state index contributed by atoms with van der Waals surface area (Å²) in [6.45, 7) is 1.80. The van der Waals surface area contributed by atoms with Crippen LogP contribution in [0.5, 0.6) is 11.6 Å². The van der Waals surface area contributed by atoms with E-state index in [-0.39, 0.29) is 11.8 Å². The fourth-order valence-electron chi connectivity index (χ4n) is 1.26. The highest BCUT2D eigenvalue weighted by Crippen LogP contribution is 2.30. The van der Waals surface area contributed by atoms with Gasteiger partial charge in [0.1, 0.15) is 11.6 Å². The number of rotatable bonds is 3. The van der Waals surface area contributed by atoms with Crippen LogP contribution in [0.3, 0.4) is 0 Å². The fourth-order valence-corrected chi connectivity index (χ4v) is 1.69. The first kappa shape index (κ1) is 12.7. The molecule has 3 N–H and O–H groups in total. The highest BCUT2D eigenvalue weighted by atomic mass is 79.9. The van der Waals surface area contributed by atoms with Crippen molar-refractivity contribution in [3.8, 4) is 11.6 Å². The van der Waals surface area contributed by atoms with E-state index in [2.05, 4.69) is 31.3 Å². The molecular formula is C11H10BrFN4O. The van der Waals surface area contributed by atoms with Crippen molar-refractivity contribution in [1.82, 2.24) is 9.97 Å². The quantitative estimate of drug-likeness (QED) is 0.673. The summed E-state index contributed by atoms with van der Waals surface area (Å²) in [5.74, 6) is 5.93. The number of nitrogen functional groups attached to an aromatic ring is 1. The van der Waals surface area contributed by atoms with E-state index < -0.39 is 0 Å².